The minimum atomic E-state index is -3.66. The van der Waals surface area contributed by atoms with Crippen molar-refractivity contribution >= 4 is 22.0 Å². The number of hydrogen-bond donors (Lipinski definition) is 2. The summed E-state index contributed by atoms with van der Waals surface area (Å²) < 4.78 is 25.4. The van der Waals surface area contributed by atoms with Gasteiger partial charge in [-0.05, 0) is 17.7 Å². The number of carbonyl (C=O) groups excluding carboxylic acids is 1. The van der Waals surface area contributed by atoms with Crippen LogP contribution in [-0.2, 0) is 14.8 Å². The molecule has 0 bridgehead atoms. The molecule has 0 radical (unpaired) electrons. The second kappa shape index (κ2) is 3.09. The Balaban J connectivity index is 2.69. The molecule has 6 heteroatoms. The van der Waals surface area contributed by atoms with Gasteiger partial charge in [-0.15, -0.1) is 0 Å². The van der Waals surface area contributed by atoms with Crippen molar-refractivity contribution in [3.05, 3.63) is 35.5 Å². The molecule has 0 saturated heterocycles. The molecule has 0 fully saturated rings. The molecular weight excluding hydrogens is 216 g/mol. The number of hydrogen-bond acceptors (Lipinski definition) is 3. The molecule has 1 aromatic rings. The molecule has 1 aromatic carbocycles. The van der Waals surface area contributed by atoms with Gasteiger partial charge in [0, 0.05) is 0 Å². The van der Waals surface area contributed by atoms with E-state index in [0.717, 1.165) is 0 Å². The maximum atomic E-state index is 11.6. The molecule has 0 atom stereocenters. The third-order valence-corrected chi connectivity index (χ3v) is 3.46. The molecule has 0 saturated carbocycles. The van der Waals surface area contributed by atoms with E-state index in [-0.39, 0.29) is 10.6 Å². The maximum absolute atomic E-state index is 11.6. The lowest BCUT2D eigenvalue weighted by atomic mass is 10.2. The van der Waals surface area contributed by atoms with Crippen molar-refractivity contribution in [3.8, 4) is 0 Å². The number of nitrogens with two attached hydrogens (primary N) is 1. The number of sulfonamides is 1. The quantitative estimate of drug-likeness (QED) is 0.692. The molecule has 1 aliphatic rings. The van der Waals surface area contributed by atoms with E-state index in [0.29, 0.717) is 5.56 Å². The van der Waals surface area contributed by atoms with Gasteiger partial charge >= 0.3 is 0 Å². The minimum Gasteiger partial charge on any atom is -0.364 e. The zero-order valence-corrected chi connectivity index (χ0v) is 8.41. The zero-order valence-electron chi connectivity index (χ0n) is 7.60. The van der Waals surface area contributed by atoms with E-state index in [2.05, 4.69) is 4.72 Å². The van der Waals surface area contributed by atoms with Gasteiger partial charge in [-0.2, -0.15) is 0 Å². The molecule has 15 heavy (non-hydrogen) atoms. The summed E-state index contributed by atoms with van der Waals surface area (Å²) in [5.41, 5.74) is 5.36. The summed E-state index contributed by atoms with van der Waals surface area (Å²) in [6.45, 7) is 0. The van der Waals surface area contributed by atoms with Gasteiger partial charge in [0.05, 0.1) is 4.90 Å². The van der Waals surface area contributed by atoms with E-state index in [9.17, 15) is 13.2 Å². The van der Waals surface area contributed by atoms with Crippen LogP contribution in [0.3, 0.4) is 0 Å². The van der Waals surface area contributed by atoms with Crippen molar-refractivity contribution in [2.24, 2.45) is 5.73 Å². The average molecular weight is 224 g/mol. The Bertz CT molecular complexity index is 560. The lowest BCUT2D eigenvalue weighted by Crippen LogP contribution is -2.33. The van der Waals surface area contributed by atoms with Gasteiger partial charge in [-0.1, -0.05) is 18.2 Å². The maximum Gasteiger partial charge on any atom is 0.265 e. The number of rotatable bonds is 1. The summed E-state index contributed by atoms with van der Waals surface area (Å²) in [7, 11) is -3.66. The van der Waals surface area contributed by atoms with Gasteiger partial charge in [-0.25, -0.2) is 8.42 Å². The van der Waals surface area contributed by atoms with E-state index in [1.807, 2.05) is 0 Å². The largest absolute Gasteiger partial charge is 0.364 e. The van der Waals surface area contributed by atoms with E-state index in [4.69, 9.17) is 5.73 Å². The fourth-order valence-electron chi connectivity index (χ4n) is 1.35. The summed E-state index contributed by atoms with van der Waals surface area (Å²) in [5.74, 6) is -0.798. The minimum absolute atomic E-state index is 0.117. The predicted octanol–water partition coefficient (Wildman–Crippen LogP) is -0.195. The third-order valence-electron chi connectivity index (χ3n) is 2.02. The molecule has 3 N–H and O–H groups in total. The molecule has 0 aliphatic carbocycles. The number of amides is 1. The van der Waals surface area contributed by atoms with Gasteiger partial charge in [0.25, 0.3) is 15.9 Å². The van der Waals surface area contributed by atoms with Gasteiger partial charge < -0.3 is 5.73 Å². The summed E-state index contributed by atoms with van der Waals surface area (Å²) in [6.07, 6.45) is 1.42. The molecule has 0 unspecified atom stereocenters. The highest BCUT2D eigenvalue weighted by molar-refractivity contribution is 7.89. The van der Waals surface area contributed by atoms with Crippen molar-refractivity contribution in [3.63, 3.8) is 0 Å². The first-order chi connectivity index (χ1) is 7.00. The normalized spacial score (nSPS) is 17.2. The second-order valence-electron chi connectivity index (χ2n) is 3.07. The number of nitrogens with one attached hydrogen (secondary N) is 1. The second-order valence-corrected chi connectivity index (χ2v) is 4.72. The lowest BCUT2D eigenvalue weighted by Gasteiger charge is -2.16. The van der Waals surface area contributed by atoms with Crippen LogP contribution in [0.4, 0.5) is 0 Å². The van der Waals surface area contributed by atoms with Crippen LogP contribution in [0.1, 0.15) is 5.56 Å². The first-order valence-corrected chi connectivity index (χ1v) is 5.62. The molecule has 2 rings (SSSR count). The molecule has 1 amide bonds. The van der Waals surface area contributed by atoms with E-state index >= 15 is 0 Å². The van der Waals surface area contributed by atoms with Crippen LogP contribution in [-0.4, -0.2) is 14.3 Å². The van der Waals surface area contributed by atoms with Gasteiger partial charge in [0.1, 0.15) is 5.70 Å². The van der Waals surface area contributed by atoms with Crippen LogP contribution in [0.2, 0.25) is 0 Å². The average Bonchev–Trinajstić information content (AvgIpc) is 2.16. The summed E-state index contributed by atoms with van der Waals surface area (Å²) in [6, 6.07) is 6.37. The van der Waals surface area contributed by atoms with E-state index < -0.39 is 15.9 Å². The Labute approximate surface area is 86.6 Å². The predicted molar refractivity (Wildman–Crippen MR) is 53.9 cm³/mol. The molecule has 1 heterocycles. The molecule has 0 aromatic heterocycles. The fourth-order valence-corrected chi connectivity index (χ4v) is 2.60. The van der Waals surface area contributed by atoms with Crippen LogP contribution in [0.25, 0.3) is 6.08 Å². The molecule has 78 valence electrons. The number of primary amides is 1. The number of benzene rings is 1. The molecule has 0 spiro atoms. The number of fused-ring (bicyclic) bond motifs is 1. The van der Waals surface area contributed by atoms with Gasteiger partial charge in [-0.3, -0.25) is 9.52 Å². The van der Waals surface area contributed by atoms with E-state index in [1.165, 1.54) is 12.1 Å². The Morgan fingerprint density at radius 2 is 1.93 bits per heavy atom. The SMILES string of the molecule is NC(=O)C1=Cc2ccccc2S(=O)(=O)N1. The van der Waals surface area contributed by atoms with Crippen molar-refractivity contribution in [1.29, 1.82) is 0 Å². The Kier molecular flexibility index (Phi) is 2.01. The van der Waals surface area contributed by atoms with Crippen LogP contribution < -0.4 is 10.5 Å². The van der Waals surface area contributed by atoms with Gasteiger partial charge in [0.2, 0.25) is 0 Å². The monoisotopic (exact) mass is 224 g/mol. The van der Waals surface area contributed by atoms with Crippen molar-refractivity contribution in [2.75, 3.05) is 0 Å². The van der Waals surface area contributed by atoms with E-state index in [1.54, 1.807) is 18.2 Å². The Morgan fingerprint density at radius 1 is 1.27 bits per heavy atom. The Morgan fingerprint density at radius 3 is 2.60 bits per heavy atom. The topological polar surface area (TPSA) is 89.3 Å². The lowest BCUT2D eigenvalue weighted by molar-refractivity contribution is -0.114. The van der Waals surface area contributed by atoms with Crippen molar-refractivity contribution in [2.45, 2.75) is 4.90 Å². The zero-order chi connectivity index (χ0) is 11.1. The highest BCUT2D eigenvalue weighted by atomic mass is 32.2. The van der Waals surface area contributed by atoms with Crippen molar-refractivity contribution in [1.82, 2.24) is 4.72 Å². The molecule has 1 aliphatic heterocycles. The fraction of sp³-hybridized carbons (Fsp3) is 0. The first kappa shape index (κ1) is 9.72. The number of carbonyl (C=O) groups is 1. The standard InChI is InChI=1S/C9H8N2O3S/c10-9(12)7-5-6-3-1-2-4-8(6)15(13,14)11-7/h1-5,11H,(H2,10,12). The van der Waals surface area contributed by atoms with Crippen LogP contribution in [0.15, 0.2) is 34.9 Å². The smallest absolute Gasteiger partial charge is 0.265 e. The third kappa shape index (κ3) is 1.59. The van der Waals surface area contributed by atoms with Crippen LogP contribution in [0, 0.1) is 0 Å². The highest BCUT2D eigenvalue weighted by Gasteiger charge is 2.25. The highest BCUT2D eigenvalue weighted by Crippen LogP contribution is 2.22. The summed E-state index contributed by atoms with van der Waals surface area (Å²) in [5, 5.41) is 0. The summed E-state index contributed by atoms with van der Waals surface area (Å²) in [4.78, 5) is 11.0. The Hall–Kier alpha value is -1.82. The molecular formula is C9H8N2O3S. The molecule has 5 nitrogen and oxygen atoms in total. The first-order valence-electron chi connectivity index (χ1n) is 4.14. The summed E-state index contributed by atoms with van der Waals surface area (Å²) >= 11 is 0. The van der Waals surface area contributed by atoms with Crippen LogP contribution in [0.5, 0.6) is 0 Å². The van der Waals surface area contributed by atoms with Crippen molar-refractivity contribution < 1.29 is 13.2 Å². The van der Waals surface area contributed by atoms with Crippen LogP contribution >= 0.6 is 0 Å². The van der Waals surface area contributed by atoms with Gasteiger partial charge in [0.15, 0.2) is 0 Å².